The molecule has 2 aromatic heterocycles. The summed E-state index contributed by atoms with van der Waals surface area (Å²) in [6, 6.07) is 6.67. The van der Waals surface area contributed by atoms with Crippen molar-refractivity contribution in [1.82, 2.24) is 24.8 Å². The number of aryl methyl sites for hydroxylation is 2. The molecule has 1 aromatic carbocycles. The standard InChI is InChI=1S/C29H33F2N7O/c1-16(2)38-18(4)36-28-22(30)12-20(13-25(28)38)27(32-5)23(31)14-34-26-7-6-21(17(3)35-26)29(39)37-11-9-24-19(15-37)8-10-33-24/h6-7,12-14,16,19,24,33H,5,8-11,15H2,1-4H3/b27-23+,34-14-. The van der Waals surface area contributed by atoms with Gasteiger partial charge in [-0.25, -0.2) is 23.7 Å². The van der Waals surface area contributed by atoms with E-state index in [9.17, 15) is 9.18 Å². The number of carbonyl (C=O) groups excluding carboxylic acids is 1. The number of aromatic nitrogens is 3. The van der Waals surface area contributed by atoms with Crippen LogP contribution in [0.1, 0.15) is 60.2 Å². The molecule has 39 heavy (non-hydrogen) atoms. The summed E-state index contributed by atoms with van der Waals surface area (Å²) in [6.07, 6.45) is 3.02. The van der Waals surface area contributed by atoms with Gasteiger partial charge in [-0.3, -0.25) is 9.79 Å². The van der Waals surface area contributed by atoms with E-state index >= 15 is 4.39 Å². The van der Waals surface area contributed by atoms with Crippen LogP contribution in [0.15, 0.2) is 40.1 Å². The SMILES string of the molecule is C=N/C(=C(F)\C=N/c1ccc(C(=O)N2CCC3NCCC3C2)c(C)n1)c1cc(F)c2nc(C)n(C(C)C)c2c1. The summed E-state index contributed by atoms with van der Waals surface area (Å²) in [5.74, 6) is 0.00502. The number of nitrogens with one attached hydrogen (secondary N) is 1. The lowest BCUT2D eigenvalue weighted by Crippen LogP contribution is -2.47. The van der Waals surface area contributed by atoms with Crippen molar-refractivity contribution in [1.29, 1.82) is 0 Å². The van der Waals surface area contributed by atoms with Crippen molar-refractivity contribution in [3.63, 3.8) is 0 Å². The Morgan fingerprint density at radius 1 is 1.23 bits per heavy atom. The van der Waals surface area contributed by atoms with Gasteiger partial charge in [0.15, 0.2) is 17.5 Å². The highest BCUT2D eigenvalue weighted by atomic mass is 19.1. The Morgan fingerprint density at radius 3 is 2.74 bits per heavy atom. The molecule has 4 heterocycles. The Bertz CT molecular complexity index is 1510. The van der Waals surface area contributed by atoms with Crippen LogP contribution < -0.4 is 5.32 Å². The van der Waals surface area contributed by atoms with E-state index in [1.54, 1.807) is 32.0 Å². The molecule has 1 amide bonds. The van der Waals surface area contributed by atoms with Crippen LogP contribution in [0.25, 0.3) is 16.7 Å². The zero-order valence-corrected chi connectivity index (χ0v) is 22.7. The molecule has 8 nitrogen and oxygen atoms in total. The number of hydrogen-bond donors (Lipinski definition) is 1. The molecule has 2 aliphatic rings. The largest absolute Gasteiger partial charge is 0.338 e. The Kier molecular flexibility index (Phi) is 7.40. The number of allylic oxidation sites excluding steroid dienone is 1. The number of pyridine rings is 1. The maximum absolute atomic E-state index is 15.3. The maximum Gasteiger partial charge on any atom is 0.255 e. The van der Waals surface area contributed by atoms with E-state index in [0.29, 0.717) is 41.1 Å². The van der Waals surface area contributed by atoms with E-state index in [4.69, 9.17) is 0 Å². The van der Waals surface area contributed by atoms with E-state index in [-0.39, 0.29) is 34.5 Å². The minimum absolute atomic E-state index is 0.0379. The second kappa shape index (κ2) is 10.8. The van der Waals surface area contributed by atoms with Gasteiger partial charge in [-0.05, 0) is 84.0 Å². The summed E-state index contributed by atoms with van der Waals surface area (Å²) >= 11 is 0. The molecule has 2 unspecified atom stereocenters. The molecule has 2 atom stereocenters. The lowest BCUT2D eigenvalue weighted by molar-refractivity contribution is 0.0661. The van der Waals surface area contributed by atoms with Crippen LogP contribution in [0, 0.1) is 25.6 Å². The van der Waals surface area contributed by atoms with Gasteiger partial charge in [0.2, 0.25) is 0 Å². The van der Waals surface area contributed by atoms with Gasteiger partial charge in [0.25, 0.3) is 5.91 Å². The molecule has 0 aliphatic carbocycles. The Labute approximate surface area is 226 Å². The van der Waals surface area contributed by atoms with Crippen molar-refractivity contribution < 1.29 is 13.6 Å². The molecular weight excluding hydrogens is 500 g/mol. The van der Waals surface area contributed by atoms with Gasteiger partial charge in [0, 0.05) is 30.7 Å². The average molecular weight is 534 g/mol. The topological polar surface area (TPSA) is 87.8 Å². The lowest BCUT2D eigenvalue weighted by atomic mass is 9.93. The molecule has 1 N–H and O–H groups in total. The minimum atomic E-state index is -0.788. The molecule has 0 radical (unpaired) electrons. The maximum atomic E-state index is 15.3. The number of carbonyl (C=O) groups is 1. The summed E-state index contributed by atoms with van der Waals surface area (Å²) in [6.45, 7) is 13.4. The highest BCUT2D eigenvalue weighted by Gasteiger charge is 2.35. The number of benzene rings is 1. The van der Waals surface area contributed by atoms with E-state index in [1.165, 1.54) is 6.07 Å². The molecule has 204 valence electrons. The number of piperidine rings is 1. The van der Waals surface area contributed by atoms with Crippen LogP contribution in [0.5, 0.6) is 0 Å². The molecule has 5 rings (SSSR count). The van der Waals surface area contributed by atoms with E-state index < -0.39 is 11.6 Å². The van der Waals surface area contributed by atoms with E-state index in [1.807, 2.05) is 23.3 Å². The number of likely N-dealkylation sites (tertiary alicyclic amines) is 1. The number of nitrogens with zero attached hydrogens (tertiary/aromatic N) is 6. The van der Waals surface area contributed by atoms with Gasteiger partial charge in [-0.1, -0.05) is 0 Å². The van der Waals surface area contributed by atoms with Crippen molar-refractivity contribution in [2.24, 2.45) is 15.9 Å². The molecule has 2 aliphatic heterocycles. The van der Waals surface area contributed by atoms with Crippen LogP contribution in [-0.4, -0.2) is 64.0 Å². The van der Waals surface area contributed by atoms with E-state index in [0.717, 1.165) is 32.1 Å². The summed E-state index contributed by atoms with van der Waals surface area (Å²) in [5, 5.41) is 3.51. The fraction of sp³-hybridized carbons (Fsp3) is 0.414. The second-order valence-corrected chi connectivity index (χ2v) is 10.5. The predicted octanol–water partition coefficient (Wildman–Crippen LogP) is 5.33. The number of halogens is 2. The van der Waals surface area contributed by atoms with Crippen molar-refractivity contribution >= 4 is 41.4 Å². The molecule has 0 spiro atoms. The van der Waals surface area contributed by atoms with E-state index in [2.05, 4.69) is 32.0 Å². The Balaban J connectivity index is 1.38. The van der Waals surface area contributed by atoms with Crippen LogP contribution in [0.4, 0.5) is 14.6 Å². The molecule has 0 bridgehead atoms. The van der Waals surface area contributed by atoms with Gasteiger partial charge in [0.05, 0.1) is 23.0 Å². The van der Waals surface area contributed by atoms with Crippen LogP contribution >= 0.6 is 0 Å². The first-order chi connectivity index (χ1) is 18.7. The quantitative estimate of drug-likeness (QED) is 0.434. The fourth-order valence-electron chi connectivity index (χ4n) is 5.79. The van der Waals surface area contributed by atoms with Crippen molar-refractivity contribution in [2.75, 3.05) is 19.6 Å². The summed E-state index contributed by atoms with van der Waals surface area (Å²) in [4.78, 5) is 31.8. The van der Waals surface area contributed by atoms with Gasteiger partial charge in [-0.2, -0.15) is 0 Å². The second-order valence-electron chi connectivity index (χ2n) is 10.5. The predicted molar refractivity (Wildman–Crippen MR) is 150 cm³/mol. The molecule has 3 aromatic rings. The van der Waals surface area contributed by atoms with Crippen molar-refractivity contribution in [3.05, 3.63) is 58.6 Å². The monoisotopic (exact) mass is 533 g/mol. The van der Waals surface area contributed by atoms with Gasteiger partial charge in [-0.15, -0.1) is 0 Å². The molecule has 2 fully saturated rings. The molecular formula is C29H33F2N7O. The van der Waals surface area contributed by atoms with Gasteiger partial charge in [0.1, 0.15) is 17.0 Å². The molecule has 0 saturated carbocycles. The fourth-order valence-corrected chi connectivity index (χ4v) is 5.79. The number of hydrogen-bond acceptors (Lipinski definition) is 6. The number of fused-ring (bicyclic) bond motifs is 2. The summed E-state index contributed by atoms with van der Waals surface area (Å²) in [7, 11) is 0. The third kappa shape index (κ3) is 5.13. The number of aliphatic imine (C=N–C) groups is 2. The summed E-state index contributed by atoms with van der Waals surface area (Å²) < 4.78 is 32.0. The third-order valence-electron chi connectivity index (χ3n) is 7.65. The normalized spacial score (nSPS) is 20.1. The number of amides is 1. The van der Waals surface area contributed by atoms with Gasteiger partial charge < -0.3 is 14.8 Å². The van der Waals surface area contributed by atoms with Gasteiger partial charge >= 0.3 is 0 Å². The number of imidazole rings is 1. The third-order valence-corrected chi connectivity index (χ3v) is 7.65. The molecule has 10 heteroatoms. The first kappa shape index (κ1) is 26.8. The first-order valence-electron chi connectivity index (χ1n) is 13.3. The van der Waals surface area contributed by atoms with Crippen LogP contribution in [0.2, 0.25) is 0 Å². The zero-order valence-electron chi connectivity index (χ0n) is 22.7. The van der Waals surface area contributed by atoms with Crippen molar-refractivity contribution in [2.45, 2.75) is 52.6 Å². The minimum Gasteiger partial charge on any atom is -0.338 e. The number of rotatable bonds is 6. The smallest absolute Gasteiger partial charge is 0.255 e. The highest BCUT2D eigenvalue weighted by Crippen LogP contribution is 2.30. The average Bonchev–Trinajstić information content (AvgIpc) is 3.51. The lowest BCUT2D eigenvalue weighted by Gasteiger charge is -2.35. The highest BCUT2D eigenvalue weighted by molar-refractivity contribution is 5.96. The van der Waals surface area contributed by atoms with Crippen LogP contribution in [-0.2, 0) is 0 Å². The van der Waals surface area contributed by atoms with Crippen molar-refractivity contribution in [3.8, 4) is 0 Å². The zero-order chi connectivity index (χ0) is 27.8. The first-order valence-corrected chi connectivity index (χ1v) is 13.3. The molecule has 2 saturated heterocycles. The Hall–Kier alpha value is -3.79. The van der Waals surface area contributed by atoms with Crippen LogP contribution in [0.3, 0.4) is 0 Å². The summed E-state index contributed by atoms with van der Waals surface area (Å²) in [5.41, 5.74) is 1.91. The Morgan fingerprint density at radius 2 is 2.03 bits per heavy atom.